The van der Waals surface area contributed by atoms with Crippen LogP contribution in [0.5, 0.6) is 0 Å². The molecule has 0 bridgehead atoms. The highest BCUT2D eigenvalue weighted by molar-refractivity contribution is 7.80. The molecule has 1 rings (SSSR count). The van der Waals surface area contributed by atoms with Crippen molar-refractivity contribution < 1.29 is 0 Å². The van der Waals surface area contributed by atoms with Crippen LogP contribution < -0.4 is 22.1 Å². The molecule has 0 amide bonds. The summed E-state index contributed by atoms with van der Waals surface area (Å²) in [6, 6.07) is 7.85. The molecular weight excluding hydrogens is 264 g/mol. The first-order valence-corrected chi connectivity index (χ1v) is 6.05. The summed E-state index contributed by atoms with van der Waals surface area (Å²) in [7, 11) is 0. The normalized spacial score (nSPS) is 8.50. The number of thiocarbonyl (C=S) groups is 2. The monoisotopic (exact) mass is 282 g/mol. The van der Waals surface area contributed by atoms with E-state index >= 15 is 0 Å². The zero-order valence-corrected chi connectivity index (χ0v) is 11.9. The lowest BCUT2D eigenvalue weighted by atomic mass is 10.2. The smallest absolute Gasteiger partial charge is 0.168 e. The molecule has 1 aromatic rings. The lowest BCUT2D eigenvalue weighted by Gasteiger charge is -2.05. The molecule has 0 aliphatic heterocycles. The first-order valence-electron chi connectivity index (χ1n) is 5.23. The highest BCUT2D eigenvalue weighted by atomic mass is 32.1. The number of aryl methyl sites for hydroxylation is 1. The number of para-hydroxylation sites is 1. The van der Waals surface area contributed by atoms with Crippen molar-refractivity contribution in [2.75, 3.05) is 11.9 Å². The zero-order valence-electron chi connectivity index (χ0n) is 10.3. The highest BCUT2D eigenvalue weighted by Gasteiger charge is 1.94. The molecule has 0 radical (unpaired) electrons. The topological polar surface area (TPSA) is 76.1 Å². The van der Waals surface area contributed by atoms with Crippen LogP contribution in [0.3, 0.4) is 0 Å². The maximum atomic E-state index is 5.31. The Morgan fingerprint density at radius 3 is 2.28 bits per heavy atom. The predicted molar refractivity (Wildman–Crippen MR) is 86.6 cm³/mol. The van der Waals surface area contributed by atoms with Gasteiger partial charge in [-0.3, -0.25) is 0 Å². The molecule has 0 saturated carbocycles. The standard InChI is InChI=1S/C8H10N2S.C4H8N2S/c1-6-4-2-3-5-7(6)10-8(9)11;1-2-3-6-4(5)7/h2-5H,1H3,(H3,9,10,11);2H,1,3H2,(H3,5,6,7). The molecule has 6 heteroatoms. The van der Waals surface area contributed by atoms with Crippen molar-refractivity contribution in [1.29, 1.82) is 0 Å². The third kappa shape index (κ3) is 8.49. The summed E-state index contributed by atoms with van der Waals surface area (Å²) in [6.45, 7) is 6.10. The van der Waals surface area contributed by atoms with E-state index in [1.54, 1.807) is 6.08 Å². The fourth-order valence-corrected chi connectivity index (χ4v) is 1.21. The van der Waals surface area contributed by atoms with Crippen molar-refractivity contribution >= 4 is 40.3 Å². The molecule has 4 nitrogen and oxygen atoms in total. The molecule has 0 aliphatic carbocycles. The van der Waals surface area contributed by atoms with E-state index in [4.69, 9.17) is 23.7 Å². The van der Waals surface area contributed by atoms with Gasteiger partial charge in [-0.15, -0.1) is 6.58 Å². The van der Waals surface area contributed by atoms with Crippen molar-refractivity contribution in [2.45, 2.75) is 6.92 Å². The van der Waals surface area contributed by atoms with Crippen LogP contribution in [-0.2, 0) is 0 Å². The number of benzene rings is 1. The summed E-state index contributed by atoms with van der Waals surface area (Å²) in [6.07, 6.45) is 1.69. The average molecular weight is 282 g/mol. The van der Waals surface area contributed by atoms with Gasteiger partial charge in [-0.25, -0.2) is 0 Å². The van der Waals surface area contributed by atoms with Crippen LogP contribution in [0.15, 0.2) is 36.9 Å². The number of hydrogen-bond donors (Lipinski definition) is 4. The van der Waals surface area contributed by atoms with E-state index < -0.39 is 0 Å². The van der Waals surface area contributed by atoms with Gasteiger partial charge in [0.15, 0.2) is 10.2 Å². The third-order valence-electron chi connectivity index (χ3n) is 1.82. The molecular formula is C12H18N4S2. The fourth-order valence-electron chi connectivity index (χ4n) is 1.02. The Kier molecular flexibility index (Phi) is 8.51. The molecule has 1 aromatic carbocycles. The van der Waals surface area contributed by atoms with Gasteiger partial charge in [0.25, 0.3) is 0 Å². The molecule has 0 atom stereocenters. The number of nitrogens with one attached hydrogen (secondary N) is 2. The van der Waals surface area contributed by atoms with Crippen LogP contribution in [0.2, 0.25) is 0 Å². The lowest BCUT2D eigenvalue weighted by molar-refractivity contribution is 1.05. The van der Waals surface area contributed by atoms with Crippen LogP contribution in [0.1, 0.15) is 5.56 Å². The van der Waals surface area contributed by atoms with Gasteiger partial charge in [-0.2, -0.15) is 0 Å². The van der Waals surface area contributed by atoms with Gasteiger partial charge in [0.05, 0.1) is 0 Å². The van der Waals surface area contributed by atoms with Crippen LogP contribution in [-0.4, -0.2) is 16.8 Å². The molecule has 98 valence electrons. The van der Waals surface area contributed by atoms with Gasteiger partial charge < -0.3 is 22.1 Å². The summed E-state index contributed by atoms with van der Waals surface area (Å²) in [5.74, 6) is 0. The number of nitrogens with two attached hydrogens (primary N) is 2. The highest BCUT2D eigenvalue weighted by Crippen LogP contribution is 2.11. The Morgan fingerprint density at radius 1 is 1.28 bits per heavy atom. The summed E-state index contributed by atoms with van der Waals surface area (Å²) in [5.41, 5.74) is 12.5. The Bertz CT molecular complexity index is 418. The van der Waals surface area contributed by atoms with Crippen LogP contribution in [0, 0.1) is 6.92 Å². The van der Waals surface area contributed by atoms with E-state index in [0.29, 0.717) is 16.8 Å². The maximum Gasteiger partial charge on any atom is 0.168 e. The van der Waals surface area contributed by atoms with E-state index in [0.717, 1.165) is 11.3 Å². The number of anilines is 1. The van der Waals surface area contributed by atoms with E-state index in [2.05, 4.69) is 29.4 Å². The van der Waals surface area contributed by atoms with E-state index in [-0.39, 0.29) is 0 Å². The van der Waals surface area contributed by atoms with Crippen LogP contribution in [0.4, 0.5) is 5.69 Å². The van der Waals surface area contributed by atoms with Crippen molar-refractivity contribution in [3.63, 3.8) is 0 Å². The van der Waals surface area contributed by atoms with E-state index in [9.17, 15) is 0 Å². The summed E-state index contributed by atoms with van der Waals surface area (Å²) >= 11 is 9.18. The molecule has 0 spiro atoms. The molecule has 0 fully saturated rings. The second kappa shape index (κ2) is 9.38. The minimum absolute atomic E-state index is 0.305. The van der Waals surface area contributed by atoms with Gasteiger partial charge >= 0.3 is 0 Å². The summed E-state index contributed by atoms with van der Waals surface area (Å²) in [5, 5.41) is 6.19. The molecule has 18 heavy (non-hydrogen) atoms. The second-order valence-corrected chi connectivity index (χ2v) is 4.22. The van der Waals surface area contributed by atoms with Gasteiger partial charge in [-0.05, 0) is 43.0 Å². The maximum absolute atomic E-state index is 5.31. The minimum atomic E-state index is 0.305. The number of hydrogen-bond acceptors (Lipinski definition) is 2. The summed E-state index contributed by atoms with van der Waals surface area (Å²) in [4.78, 5) is 0. The zero-order chi connectivity index (χ0) is 14.0. The van der Waals surface area contributed by atoms with E-state index in [1.165, 1.54) is 0 Å². The SMILES string of the molecule is C=CCNC(N)=S.Cc1ccccc1NC(N)=S. The Morgan fingerprint density at radius 2 is 1.89 bits per heavy atom. The molecule has 0 unspecified atom stereocenters. The fraction of sp³-hybridized carbons (Fsp3) is 0.167. The Hall–Kier alpha value is -1.66. The largest absolute Gasteiger partial charge is 0.376 e. The molecule has 6 N–H and O–H groups in total. The molecule has 0 heterocycles. The summed E-state index contributed by atoms with van der Waals surface area (Å²) < 4.78 is 0. The first-order chi connectivity index (χ1) is 8.47. The Labute approximate surface area is 118 Å². The minimum Gasteiger partial charge on any atom is -0.376 e. The van der Waals surface area contributed by atoms with Crippen LogP contribution in [0.25, 0.3) is 0 Å². The van der Waals surface area contributed by atoms with Crippen LogP contribution >= 0.6 is 24.4 Å². The Balaban J connectivity index is 0.000000360. The quantitative estimate of drug-likeness (QED) is 0.499. The average Bonchev–Trinajstić information content (AvgIpc) is 2.30. The van der Waals surface area contributed by atoms with Crippen molar-refractivity contribution in [1.82, 2.24) is 5.32 Å². The molecule has 0 saturated heterocycles. The van der Waals surface area contributed by atoms with Gasteiger partial charge in [0.2, 0.25) is 0 Å². The molecule has 0 aromatic heterocycles. The van der Waals surface area contributed by atoms with Gasteiger partial charge in [-0.1, -0.05) is 24.3 Å². The third-order valence-corrected chi connectivity index (χ3v) is 2.07. The first kappa shape index (κ1) is 16.3. The lowest BCUT2D eigenvalue weighted by Crippen LogP contribution is -2.28. The predicted octanol–water partition coefficient (Wildman–Crippen LogP) is 1.66. The van der Waals surface area contributed by atoms with Crippen molar-refractivity contribution in [3.8, 4) is 0 Å². The second-order valence-electron chi connectivity index (χ2n) is 3.34. The van der Waals surface area contributed by atoms with Crippen molar-refractivity contribution in [2.24, 2.45) is 11.5 Å². The molecule has 0 aliphatic rings. The van der Waals surface area contributed by atoms with Gasteiger partial charge in [0, 0.05) is 12.2 Å². The van der Waals surface area contributed by atoms with Gasteiger partial charge in [0.1, 0.15) is 0 Å². The van der Waals surface area contributed by atoms with E-state index in [1.807, 2.05) is 31.2 Å². The number of rotatable bonds is 3. The van der Waals surface area contributed by atoms with Crippen molar-refractivity contribution in [3.05, 3.63) is 42.5 Å².